The molecular formula is C24H25NO2. The Labute approximate surface area is 159 Å². The van der Waals surface area contributed by atoms with Gasteiger partial charge in [0.2, 0.25) is 0 Å². The maximum absolute atomic E-state index is 6.01. The zero-order valence-corrected chi connectivity index (χ0v) is 15.6. The lowest BCUT2D eigenvalue weighted by Gasteiger charge is -2.55. The smallest absolute Gasteiger partial charge is 0.150 e. The van der Waals surface area contributed by atoms with Crippen LogP contribution in [0, 0.1) is 17.8 Å². The van der Waals surface area contributed by atoms with Gasteiger partial charge in [-0.2, -0.15) is 0 Å². The van der Waals surface area contributed by atoms with Crippen LogP contribution in [0.2, 0.25) is 0 Å². The van der Waals surface area contributed by atoms with Gasteiger partial charge in [-0.05, 0) is 74.0 Å². The fourth-order valence-electron chi connectivity index (χ4n) is 6.52. The summed E-state index contributed by atoms with van der Waals surface area (Å²) in [5.41, 5.74) is 2.36. The van der Waals surface area contributed by atoms with Gasteiger partial charge in [0.15, 0.2) is 5.76 Å². The molecule has 3 aromatic rings. The number of hydrogen-bond acceptors (Lipinski definition) is 3. The SMILES string of the molecule is c1ccc(COc2ccc3c(C45CC6CC(CC(C6)C4)C5)onc3c2)cc1. The number of hydrogen-bond donors (Lipinski definition) is 0. The Morgan fingerprint density at radius 1 is 0.926 bits per heavy atom. The van der Waals surface area contributed by atoms with Gasteiger partial charge in [-0.1, -0.05) is 35.5 Å². The molecule has 1 heterocycles. The van der Waals surface area contributed by atoms with E-state index in [0.29, 0.717) is 6.61 Å². The zero-order chi connectivity index (χ0) is 17.8. The molecule has 1 aromatic heterocycles. The molecule has 7 rings (SSSR count). The minimum absolute atomic E-state index is 0.246. The third-order valence-electron chi connectivity index (χ3n) is 7.22. The van der Waals surface area contributed by atoms with Crippen molar-refractivity contribution in [2.24, 2.45) is 17.8 Å². The van der Waals surface area contributed by atoms with E-state index in [-0.39, 0.29) is 5.41 Å². The number of nitrogens with zero attached hydrogens (tertiary/aromatic N) is 1. The minimum Gasteiger partial charge on any atom is -0.489 e. The third-order valence-corrected chi connectivity index (χ3v) is 7.22. The van der Waals surface area contributed by atoms with Crippen LogP contribution in [-0.2, 0) is 12.0 Å². The monoisotopic (exact) mass is 359 g/mol. The highest BCUT2D eigenvalue weighted by atomic mass is 16.5. The number of fused-ring (bicyclic) bond motifs is 1. The van der Waals surface area contributed by atoms with Crippen LogP contribution in [0.5, 0.6) is 5.75 Å². The van der Waals surface area contributed by atoms with E-state index in [1.807, 2.05) is 24.3 Å². The van der Waals surface area contributed by atoms with Crippen molar-refractivity contribution in [1.29, 1.82) is 0 Å². The van der Waals surface area contributed by atoms with Gasteiger partial charge in [-0.25, -0.2) is 0 Å². The predicted molar refractivity (Wildman–Crippen MR) is 105 cm³/mol. The van der Waals surface area contributed by atoms with Crippen molar-refractivity contribution in [2.75, 3.05) is 0 Å². The summed E-state index contributed by atoms with van der Waals surface area (Å²) in [7, 11) is 0. The molecule has 0 radical (unpaired) electrons. The highest BCUT2D eigenvalue weighted by Gasteiger charge is 2.53. The van der Waals surface area contributed by atoms with Crippen LogP contribution in [0.15, 0.2) is 53.1 Å². The van der Waals surface area contributed by atoms with Crippen LogP contribution in [0.25, 0.3) is 10.9 Å². The summed E-state index contributed by atoms with van der Waals surface area (Å²) in [6.45, 7) is 0.575. The first kappa shape index (κ1) is 15.7. The van der Waals surface area contributed by atoms with Crippen molar-refractivity contribution >= 4 is 10.9 Å². The first-order valence-corrected chi connectivity index (χ1v) is 10.3. The Kier molecular flexibility index (Phi) is 3.41. The van der Waals surface area contributed by atoms with E-state index in [4.69, 9.17) is 9.26 Å². The second kappa shape index (κ2) is 5.85. The van der Waals surface area contributed by atoms with Gasteiger partial charge in [0.05, 0.1) is 0 Å². The van der Waals surface area contributed by atoms with E-state index in [1.165, 1.54) is 49.5 Å². The molecule has 4 aliphatic carbocycles. The molecule has 0 spiro atoms. The predicted octanol–water partition coefficient (Wildman–Crippen LogP) is 5.87. The molecule has 4 bridgehead atoms. The van der Waals surface area contributed by atoms with Crippen molar-refractivity contribution in [3.63, 3.8) is 0 Å². The van der Waals surface area contributed by atoms with E-state index in [2.05, 4.69) is 29.4 Å². The first-order valence-electron chi connectivity index (χ1n) is 10.3. The van der Waals surface area contributed by atoms with E-state index < -0.39 is 0 Å². The normalized spacial score (nSPS) is 31.5. The third kappa shape index (κ3) is 2.59. The fraction of sp³-hybridized carbons (Fsp3) is 0.458. The van der Waals surface area contributed by atoms with Gasteiger partial charge in [0, 0.05) is 16.9 Å². The average molecular weight is 359 g/mol. The molecule has 0 saturated heterocycles. The molecule has 0 N–H and O–H groups in total. The highest BCUT2D eigenvalue weighted by Crippen LogP contribution is 2.61. The van der Waals surface area contributed by atoms with Crippen molar-refractivity contribution < 1.29 is 9.26 Å². The summed E-state index contributed by atoms with van der Waals surface area (Å²) < 4.78 is 12.0. The molecule has 0 unspecified atom stereocenters. The van der Waals surface area contributed by atoms with Gasteiger partial charge >= 0.3 is 0 Å². The fourth-order valence-corrected chi connectivity index (χ4v) is 6.52. The summed E-state index contributed by atoms with van der Waals surface area (Å²) in [4.78, 5) is 0. The van der Waals surface area contributed by atoms with Crippen molar-refractivity contribution in [3.8, 4) is 5.75 Å². The zero-order valence-electron chi connectivity index (χ0n) is 15.6. The first-order chi connectivity index (χ1) is 13.3. The minimum atomic E-state index is 0.246. The lowest BCUT2D eigenvalue weighted by molar-refractivity contribution is -0.0166. The van der Waals surface area contributed by atoms with Crippen LogP contribution < -0.4 is 4.74 Å². The Morgan fingerprint density at radius 2 is 1.63 bits per heavy atom. The highest BCUT2D eigenvalue weighted by molar-refractivity contribution is 5.83. The lowest BCUT2D eigenvalue weighted by Crippen LogP contribution is -2.48. The Morgan fingerprint density at radius 3 is 2.33 bits per heavy atom. The summed E-state index contributed by atoms with van der Waals surface area (Å²) >= 11 is 0. The van der Waals surface area contributed by atoms with E-state index in [0.717, 1.165) is 34.8 Å². The molecule has 4 fully saturated rings. The topological polar surface area (TPSA) is 35.3 Å². The quantitative estimate of drug-likeness (QED) is 0.584. The van der Waals surface area contributed by atoms with E-state index >= 15 is 0 Å². The van der Waals surface area contributed by atoms with Gasteiger partial charge in [-0.15, -0.1) is 0 Å². The Bertz CT molecular complexity index is 939. The molecule has 4 aliphatic rings. The molecule has 3 nitrogen and oxygen atoms in total. The summed E-state index contributed by atoms with van der Waals surface area (Å²) in [5.74, 6) is 4.74. The Balaban J connectivity index is 1.29. The summed E-state index contributed by atoms with van der Waals surface area (Å²) in [5, 5.41) is 5.63. The van der Waals surface area contributed by atoms with Crippen LogP contribution in [0.1, 0.15) is 49.8 Å². The lowest BCUT2D eigenvalue weighted by atomic mass is 9.49. The average Bonchev–Trinajstić information content (AvgIpc) is 3.10. The molecule has 138 valence electrons. The molecule has 0 aliphatic heterocycles. The number of ether oxygens (including phenoxy) is 1. The molecule has 0 amide bonds. The second-order valence-corrected chi connectivity index (χ2v) is 9.16. The number of benzene rings is 2. The van der Waals surface area contributed by atoms with Crippen molar-refractivity contribution in [2.45, 2.75) is 50.5 Å². The van der Waals surface area contributed by atoms with E-state index in [1.54, 1.807) is 0 Å². The van der Waals surface area contributed by atoms with Crippen molar-refractivity contribution in [1.82, 2.24) is 5.16 Å². The van der Waals surface area contributed by atoms with Gasteiger partial charge in [0.1, 0.15) is 17.9 Å². The Hall–Kier alpha value is -2.29. The largest absolute Gasteiger partial charge is 0.489 e. The summed E-state index contributed by atoms with van der Waals surface area (Å²) in [6, 6.07) is 16.5. The van der Waals surface area contributed by atoms with Crippen LogP contribution in [-0.4, -0.2) is 5.16 Å². The van der Waals surface area contributed by atoms with Crippen LogP contribution in [0.4, 0.5) is 0 Å². The van der Waals surface area contributed by atoms with Gasteiger partial charge in [-0.3, -0.25) is 0 Å². The van der Waals surface area contributed by atoms with Crippen LogP contribution >= 0.6 is 0 Å². The number of aromatic nitrogens is 1. The molecule has 3 heteroatoms. The molecule has 27 heavy (non-hydrogen) atoms. The molecule has 4 saturated carbocycles. The van der Waals surface area contributed by atoms with E-state index in [9.17, 15) is 0 Å². The maximum atomic E-state index is 6.01. The molecule has 2 aromatic carbocycles. The standard InChI is InChI=1S/C24H25NO2/c1-2-4-16(5-3-1)15-26-20-6-7-21-22(11-20)25-27-23(21)24-12-17-8-18(13-24)10-19(9-17)14-24/h1-7,11,17-19H,8-10,12-15H2. The van der Waals surface area contributed by atoms with Gasteiger partial charge < -0.3 is 9.26 Å². The van der Waals surface area contributed by atoms with Crippen LogP contribution in [0.3, 0.4) is 0 Å². The molecular weight excluding hydrogens is 334 g/mol. The van der Waals surface area contributed by atoms with Gasteiger partial charge in [0.25, 0.3) is 0 Å². The van der Waals surface area contributed by atoms with Crippen molar-refractivity contribution in [3.05, 3.63) is 59.9 Å². The maximum Gasteiger partial charge on any atom is 0.150 e. The molecule has 0 atom stereocenters. The summed E-state index contributed by atoms with van der Waals surface area (Å²) in [6.07, 6.45) is 8.25. The second-order valence-electron chi connectivity index (χ2n) is 9.16. The number of rotatable bonds is 4.